The zero-order chi connectivity index (χ0) is 11.5. The summed E-state index contributed by atoms with van der Waals surface area (Å²) in [5, 5.41) is 0. The molecule has 0 spiro atoms. The van der Waals surface area contributed by atoms with Crippen molar-refractivity contribution in [2.45, 2.75) is 19.8 Å². The van der Waals surface area contributed by atoms with Crippen LogP contribution in [0.5, 0.6) is 5.75 Å². The van der Waals surface area contributed by atoms with Gasteiger partial charge in [-0.25, -0.2) is 0 Å². The van der Waals surface area contributed by atoms with E-state index in [0.717, 1.165) is 5.56 Å². The Hall–Kier alpha value is -1.07. The highest BCUT2D eigenvalue weighted by Crippen LogP contribution is 2.19. The van der Waals surface area contributed by atoms with Crippen LogP contribution >= 0.6 is 0 Å². The van der Waals surface area contributed by atoms with Crippen molar-refractivity contribution in [3.8, 4) is 5.75 Å². The monoisotopic (exact) mass is 229 g/mol. The normalized spacial score (nSPS) is 11.7. The van der Waals surface area contributed by atoms with Crippen molar-refractivity contribution in [2.24, 2.45) is 0 Å². The number of hydrogen-bond donors (Lipinski definition) is 1. The molecule has 0 unspecified atom stereocenters. The summed E-state index contributed by atoms with van der Waals surface area (Å²) >= 11 is 0. The molecule has 0 amide bonds. The molecule has 0 aliphatic heterocycles. The minimum Gasteiger partial charge on any atom is -0.371 e. The number of benzene rings is 1. The molecule has 0 radical (unpaired) electrons. The Morgan fingerprint density at radius 1 is 1.20 bits per heavy atom. The summed E-state index contributed by atoms with van der Waals surface area (Å²) in [6, 6.07) is 6.99. The van der Waals surface area contributed by atoms with Gasteiger partial charge in [0, 0.05) is 7.05 Å². The first kappa shape index (κ1) is 12.0. The summed E-state index contributed by atoms with van der Waals surface area (Å²) in [4.78, 5) is 0. The zero-order valence-electron chi connectivity index (χ0n) is 9.02. The highest BCUT2D eigenvalue weighted by molar-refractivity contribution is 7.85. The van der Waals surface area contributed by atoms with Gasteiger partial charge in [0.2, 0.25) is 0 Å². The Morgan fingerprint density at radius 3 is 2.13 bits per heavy atom. The van der Waals surface area contributed by atoms with Crippen LogP contribution in [0.4, 0.5) is 0 Å². The highest BCUT2D eigenvalue weighted by Gasteiger charge is 2.08. The van der Waals surface area contributed by atoms with Crippen molar-refractivity contribution in [3.05, 3.63) is 29.8 Å². The fourth-order valence-electron chi connectivity index (χ4n) is 1.08. The van der Waals surface area contributed by atoms with E-state index in [1.807, 2.05) is 12.1 Å². The van der Waals surface area contributed by atoms with Crippen LogP contribution in [0, 0.1) is 0 Å². The first-order valence-electron chi connectivity index (χ1n) is 4.67. The standard InChI is InChI=1S/C10H15NO3S/c1-8(2)9-4-6-10(7-5-9)14-15(12,13)11-3/h4-8,11H,1-3H3. The van der Waals surface area contributed by atoms with Gasteiger partial charge in [-0.05, 0) is 23.6 Å². The van der Waals surface area contributed by atoms with Crippen LogP contribution in [-0.2, 0) is 10.3 Å². The molecular formula is C10H15NO3S. The van der Waals surface area contributed by atoms with E-state index in [1.165, 1.54) is 7.05 Å². The fourth-order valence-corrected chi connectivity index (χ4v) is 1.52. The summed E-state index contributed by atoms with van der Waals surface area (Å²) in [5.74, 6) is 0.730. The molecule has 5 heteroatoms. The summed E-state index contributed by atoms with van der Waals surface area (Å²) in [6.07, 6.45) is 0. The van der Waals surface area contributed by atoms with E-state index in [-0.39, 0.29) is 0 Å². The summed E-state index contributed by atoms with van der Waals surface area (Å²) in [6.45, 7) is 4.14. The average molecular weight is 229 g/mol. The van der Waals surface area contributed by atoms with Crippen LogP contribution in [0.25, 0.3) is 0 Å². The Morgan fingerprint density at radius 2 is 1.73 bits per heavy atom. The van der Waals surface area contributed by atoms with E-state index >= 15 is 0 Å². The molecule has 15 heavy (non-hydrogen) atoms. The Kier molecular flexibility index (Phi) is 3.71. The lowest BCUT2D eigenvalue weighted by atomic mass is 10.0. The van der Waals surface area contributed by atoms with Gasteiger partial charge in [-0.2, -0.15) is 13.1 Å². The van der Waals surface area contributed by atoms with Crippen LogP contribution in [0.3, 0.4) is 0 Å². The molecule has 0 saturated heterocycles. The maximum absolute atomic E-state index is 11.1. The van der Waals surface area contributed by atoms with Gasteiger partial charge >= 0.3 is 10.3 Å². The SMILES string of the molecule is CNS(=O)(=O)Oc1ccc(C(C)C)cc1. The molecule has 0 aliphatic rings. The van der Waals surface area contributed by atoms with Crippen molar-refractivity contribution in [2.75, 3.05) is 7.05 Å². The molecule has 1 aromatic carbocycles. The molecule has 1 rings (SSSR count). The maximum Gasteiger partial charge on any atom is 0.382 e. The fraction of sp³-hybridized carbons (Fsp3) is 0.400. The van der Waals surface area contributed by atoms with Crippen LogP contribution in [-0.4, -0.2) is 15.5 Å². The number of nitrogens with one attached hydrogen (secondary N) is 1. The highest BCUT2D eigenvalue weighted by atomic mass is 32.2. The van der Waals surface area contributed by atoms with Crippen LogP contribution in [0.2, 0.25) is 0 Å². The van der Waals surface area contributed by atoms with Gasteiger partial charge in [0.1, 0.15) is 5.75 Å². The second-order valence-electron chi connectivity index (χ2n) is 3.47. The first-order chi connectivity index (χ1) is 6.94. The minimum absolute atomic E-state index is 0.314. The first-order valence-corrected chi connectivity index (χ1v) is 6.08. The molecule has 0 atom stereocenters. The zero-order valence-corrected chi connectivity index (χ0v) is 9.84. The molecule has 0 saturated carbocycles. The lowest BCUT2D eigenvalue weighted by molar-refractivity contribution is 0.477. The molecule has 0 aromatic heterocycles. The van der Waals surface area contributed by atoms with Crippen molar-refractivity contribution in [1.29, 1.82) is 0 Å². The van der Waals surface area contributed by atoms with E-state index in [2.05, 4.69) is 18.6 Å². The molecular weight excluding hydrogens is 214 g/mol. The van der Waals surface area contributed by atoms with Gasteiger partial charge in [0.05, 0.1) is 0 Å². The van der Waals surface area contributed by atoms with Crippen molar-refractivity contribution >= 4 is 10.3 Å². The van der Waals surface area contributed by atoms with Crippen LogP contribution < -0.4 is 8.91 Å². The molecule has 1 N–H and O–H groups in total. The van der Waals surface area contributed by atoms with Crippen molar-refractivity contribution in [1.82, 2.24) is 4.72 Å². The van der Waals surface area contributed by atoms with Crippen molar-refractivity contribution in [3.63, 3.8) is 0 Å². The van der Waals surface area contributed by atoms with Gasteiger partial charge in [-0.15, -0.1) is 0 Å². The van der Waals surface area contributed by atoms with E-state index in [1.54, 1.807) is 12.1 Å². The quantitative estimate of drug-likeness (QED) is 0.854. The molecule has 84 valence electrons. The molecule has 4 nitrogen and oxygen atoms in total. The van der Waals surface area contributed by atoms with Gasteiger partial charge in [0.15, 0.2) is 0 Å². The molecule has 0 heterocycles. The summed E-state index contributed by atoms with van der Waals surface area (Å²) < 4.78 is 28.9. The third kappa shape index (κ3) is 3.53. The van der Waals surface area contributed by atoms with Gasteiger partial charge < -0.3 is 4.18 Å². The Balaban J connectivity index is 2.82. The minimum atomic E-state index is -3.66. The molecule has 1 aromatic rings. The molecule has 0 bridgehead atoms. The van der Waals surface area contributed by atoms with Crippen LogP contribution in [0.15, 0.2) is 24.3 Å². The van der Waals surface area contributed by atoms with E-state index in [9.17, 15) is 8.42 Å². The summed E-state index contributed by atoms with van der Waals surface area (Å²) in [5.41, 5.74) is 1.14. The third-order valence-electron chi connectivity index (χ3n) is 2.00. The van der Waals surface area contributed by atoms with Crippen molar-refractivity contribution < 1.29 is 12.6 Å². The predicted octanol–water partition coefficient (Wildman–Crippen LogP) is 1.65. The second kappa shape index (κ2) is 4.63. The van der Waals surface area contributed by atoms with Gasteiger partial charge in [0.25, 0.3) is 0 Å². The molecule has 0 fully saturated rings. The topological polar surface area (TPSA) is 55.4 Å². The van der Waals surface area contributed by atoms with Gasteiger partial charge in [-0.3, -0.25) is 0 Å². The van der Waals surface area contributed by atoms with E-state index in [4.69, 9.17) is 4.18 Å². The lowest BCUT2D eigenvalue weighted by Crippen LogP contribution is -2.24. The van der Waals surface area contributed by atoms with Gasteiger partial charge in [-0.1, -0.05) is 26.0 Å². The third-order valence-corrected chi connectivity index (χ3v) is 2.91. The Bertz CT molecular complexity index is 409. The summed E-state index contributed by atoms with van der Waals surface area (Å²) in [7, 11) is -2.35. The Labute approximate surface area is 90.5 Å². The average Bonchev–Trinajstić information content (AvgIpc) is 2.18. The maximum atomic E-state index is 11.1. The molecule has 0 aliphatic carbocycles. The predicted molar refractivity (Wildman–Crippen MR) is 59.1 cm³/mol. The van der Waals surface area contributed by atoms with E-state index in [0.29, 0.717) is 11.7 Å². The van der Waals surface area contributed by atoms with E-state index < -0.39 is 10.3 Å². The number of rotatable bonds is 4. The largest absolute Gasteiger partial charge is 0.382 e. The van der Waals surface area contributed by atoms with Crippen LogP contribution in [0.1, 0.15) is 25.3 Å². The smallest absolute Gasteiger partial charge is 0.371 e. The lowest BCUT2D eigenvalue weighted by Gasteiger charge is -2.07. The number of hydrogen-bond acceptors (Lipinski definition) is 3. The second-order valence-corrected chi connectivity index (χ2v) is 4.95.